The standard InChI is InChI=1S/C15H18N4O4/c1-3-23-13-6-10(4-5-12(13)20)8-16-18-14(21)7-11-9(2)17-19-15(11)22/h4-6,8,11,17,20H,2-3,7H2,1H3,(H,18,21)(H,19,22)/b16-8+/t11-/m0/s1. The van der Waals surface area contributed by atoms with Gasteiger partial charge in [-0.25, -0.2) is 5.43 Å². The molecule has 2 rings (SSSR count). The molecule has 0 radical (unpaired) electrons. The van der Waals surface area contributed by atoms with E-state index >= 15 is 0 Å². The number of benzene rings is 1. The SMILES string of the molecule is C=C1NNC(=O)[C@H]1CC(=O)N/N=C/c1ccc(O)c(OCC)c1. The number of amides is 2. The molecule has 0 aliphatic carbocycles. The van der Waals surface area contributed by atoms with Gasteiger partial charge in [-0.15, -0.1) is 0 Å². The number of phenolic OH excluding ortho intramolecular Hbond substituents is 1. The number of hydrazine groups is 1. The van der Waals surface area contributed by atoms with E-state index in [4.69, 9.17) is 4.74 Å². The molecule has 0 unspecified atom stereocenters. The van der Waals surface area contributed by atoms with Crippen molar-refractivity contribution >= 4 is 18.0 Å². The van der Waals surface area contributed by atoms with Crippen LogP contribution in [0.25, 0.3) is 0 Å². The average Bonchev–Trinajstić information content (AvgIpc) is 2.82. The van der Waals surface area contributed by atoms with Crippen molar-refractivity contribution < 1.29 is 19.4 Å². The van der Waals surface area contributed by atoms with E-state index in [2.05, 4.69) is 28.0 Å². The molecule has 0 bridgehead atoms. The molecule has 23 heavy (non-hydrogen) atoms. The van der Waals surface area contributed by atoms with Gasteiger partial charge >= 0.3 is 0 Å². The van der Waals surface area contributed by atoms with Gasteiger partial charge in [0.15, 0.2) is 11.5 Å². The van der Waals surface area contributed by atoms with Crippen molar-refractivity contribution in [2.45, 2.75) is 13.3 Å². The lowest BCUT2D eigenvalue weighted by atomic mass is 10.0. The Balaban J connectivity index is 1.91. The van der Waals surface area contributed by atoms with Crippen molar-refractivity contribution in [1.29, 1.82) is 0 Å². The van der Waals surface area contributed by atoms with Crippen LogP contribution in [0.1, 0.15) is 18.9 Å². The molecule has 0 aromatic heterocycles. The van der Waals surface area contributed by atoms with Gasteiger partial charge in [-0.2, -0.15) is 5.10 Å². The number of phenols is 1. The summed E-state index contributed by atoms with van der Waals surface area (Å²) >= 11 is 0. The molecule has 1 aromatic carbocycles. The molecule has 8 heteroatoms. The van der Waals surface area contributed by atoms with Crippen LogP contribution < -0.4 is 21.0 Å². The summed E-state index contributed by atoms with van der Waals surface area (Å²) in [6.07, 6.45) is 1.37. The number of hydrogen-bond donors (Lipinski definition) is 4. The van der Waals surface area contributed by atoms with Crippen molar-refractivity contribution in [2.24, 2.45) is 11.0 Å². The van der Waals surface area contributed by atoms with E-state index in [9.17, 15) is 14.7 Å². The number of nitrogens with one attached hydrogen (secondary N) is 3. The quantitative estimate of drug-likeness (QED) is 0.448. The molecule has 1 fully saturated rings. The zero-order valence-corrected chi connectivity index (χ0v) is 12.6. The fraction of sp³-hybridized carbons (Fsp3) is 0.267. The van der Waals surface area contributed by atoms with Crippen LogP contribution in [0.3, 0.4) is 0 Å². The zero-order valence-electron chi connectivity index (χ0n) is 12.6. The lowest BCUT2D eigenvalue weighted by molar-refractivity contribution is -0.127. The first kappa shape index (κ1) is 16.3. The number of hydrazone groups is 1. The maximum Gasteiger partial charge on any atom is 0.247 e. The van der Waals surface area contributed by atoms with Crippen LogP contribution >= 0.6 is 0 Å². The van der Waals surface area contributed by atoms with Crippen molar-refractivity contribution in [1.82, 2.24) is 16.3 Å². The minimum absolute atomic E-state index is 0.0336. The van der Waals surface area contributed by atoms with Gasteiger partial charge in [0.2, 0.25) is 11.8 Å². The highest BCUT2D eigenvalue weighted by Gasteiger charge is 2.29. The van der Waals surface area contributed by atoms with Crippen molar-refractivity contribution in [3.05, 3.63) is 36.0 Å². The summed E-state index contributed by atoms with van der Waals surface area (Å²) in [5.41, 5.74) is 8.41. The predicted molar refractivity (Wildman–Crippen MR) is 83.5 cm³/mol. The van der Waals surface area contributed by atoms with E-state index in [0.717, 1.165) is 0 Å². The third kappa shape index (κ3) is 4.22. The number of aromatic hydroxyl groups is 1. The summed E-state index contributed by atoms with van der Waals surface area (Å²) in [6.45, 7) is 5.88. The second-order valence-electron chi connectivity index (χ2n) is 4.85. The highest BCUT2D eigenvalue weighted by molar-refractivity contribution is 5.90. The third-order valence-electron chi connectivity index (χ3n) is 3.16. The average molecular weight is 318 g/mol. The number of ether oxygens (including phenoxy) is 1. The Morgan fingerprint density at radius 1 is 1.52 bits per heavy atom. The Kier molecular flexibility index (Phi) is 5.19. The highest BCUT2D eigenvalue weighted by atomic mass is 16.5. The summed E-state index contributed by atoms with van der Waals surface area (Å²) in [7, 11) is 0. The van der Waals surface area contributed by atoms with Crippen LogP contribution in [-0.4, -0.2) is 29.7 Å². The molecule has 122 valence electrons. The molecule has 8 nitrogen and oxygen atoms in total. The van der Waals surface area contributed by atoms with E-state index < -0.39 is 11.8 Å². The van der Waals surface area contributed by atoms with Gasteiger partial charge < -0.3 is 15.3 Å². The summed E-state index contributed by atoms with van der Waals surface area (Å²) < 4.78 is 5.26. The second kappa shape index (κ2) is 7.30. The summed E-state index contributed by atoms with van der Waals surface area (Å²) in [5, 5.41) is 13.4. The van der Waals surface area contributed by atoms with Crippen LogP contribution in [0.2, 0.25) is 0 Å². The minimum Gasteiger partial charge on any atom is -0.504 e. The van der Waals surface area contributed by atoms with Crippen LogP contribution in [0, 0.1) is 5.92 Å². The second-order valence-corrected chi connectivity index (χ2v) is 4.85. The topological polar surface area (TPSA) is 112 Å². The van der Waals surface area contributed by atoms with Crippen molar-refractivity contribution in [2.75, 3.05) is 6.61 Å². The Morgan fingerprint density at radius 2 is 2.30 bits per heavy atom. The fourth-order valence-electron chi connectivity index (χ4n) is 1.98. The van der Waals surface area contributed by atoms with Gasteiger partial charge in [0.05, 0.1) is 18.7 Å². The molecule has 1 saturated heterocycles. The largest absolute Gasteiger partial charge is 0.504 e. The molecule has 1 atom stereocenters. The maximum absolute atomic E-state index is 11.8. The van der Waals surface area contributed by atoms with Gasteiger partial charge in [-0.05, 0) is 30.7 Å². The molecular formula is C15H18N4O4. The normalized spacial score (nSPS) is 17.0. The highest BCUT2D eigenvalue weighted by Crippen LogP contribution is 2.26. The Morgan fingerprint density at radius 3 is 2.96 bits per heavy atom. The summed E-state index contributed by atoms with van der Waals surface area (Å²) in [6, 6.07) is 4.71. The Labute approximate surface area is 133 Å². The lowest BCUT2D eigenvalue weighted by Gasteiger charge is -2.06. The van der Waals surface area contributed by atoms with E-state index in [1.807, 2.05) is 6.92 Å². The molecule has 0 saturated carbocycles. The van der Waals surface area contributed by atoms with E-state index in [1.165, 1.54) is 12.3 Å². The van der Waals surface area contributed by atoms with Gasteiger partial charge in [0.1, 0.15) is 0 Å². The number of carbonyl (C=O) groups is 2. The summed E-state index contributed by atoms with van der Waals surface area (Å²) in [5.74, 6) is -0.938. The monoisotopic (exact) mass is 318 g/mol. The van der Waals surface area contributed by atoms with Crippen LogP contribution in [0.4, 0.5) is 0 Å². The molecule has 1 aliphatic rings. The minimum atomic E-state index is -0.608. The maximum atomic E-state index is 11.8. The van der Waals surface area contributed by atoms with E-state index in [1.54, 1.807) is 12.1 Å². The van der Waals surface area contributed by atoms with Crippen LogP contribution in [0.5, 0.6) is 11.5 Å². The molecule has 0 spiro atoms. The zero-order chi connectivity index (χ0) is 16.8. The third-order valence-corrected chi connectivity index (χ3v) is 3.16. The molecule has 1 aliphatic heterocycles. The van der Waals surface area contributed by atoms with Gasteiger partial charge in [-0.3, -0.25) is 15.0 Å². The first-order chi connectivity index (χ1) is 11.0. The van der Waals surface area contributed by atoms with Gasteiger partial charge in [0, 0.05) is 12.1 Å². The van der Waals surface area contributed by atoms with Gasteiger partial charge in [0.25, 0.3) is 0 Å². The number of hydrogen-bond acceptors (Lipinski definition) is 6. The smallest absolute Gasteiger partial charge is 0.247 e. The number of rotatable bonds is 6. The van der Waals surface area contributed by atoms with E-state index in [0.29, 0.717) is 23.6 Å². The lowest BCUT2D eigenvalue weighted by Crippen LogP contribution is -2.27. The molecule has 1 aromatic rings. The predicted octanol–water partition coefficient (Wildman–Crippen LogP) is 0.395. The molecule has 2 amide bonds. The van der Waals surface area contributed by atoms with Gasteiger partial charge in [-0.1, -0.05) is 6.58 Å². The summed E-state index contributed by atoms with van der Waals surface area (Å²) in [4.78, 5) is 23.2. The van der Waals surface area contributed by atoms with Crippen molar-refractivity contribution in [3.8, 4) is 11.5 Å². The molecule has 1 heterocycles. The Hall–Kier alpha value is -3.03. The number of carbonyl (C=O) groups excluding carboxylic acids is 2. The molecular weight excluding hydrogens is 300 g/mol. The number of nitrogens with zero attached hydrogens (tertiary/aromatic N) is 1. The fourth-order valence-corrected chi connectivity index (χ4v) is 1.98. The van der Waals surface area contributed by atoms with Crippen LogP contribution in [-0.2, 0) is 9.59 Å². The Bertz CT molecular complexity index is 641. The van der Waals surface area contributed by atoms with Crippen LogP contribution in [0.15, 0.2) is 35.6 Å². The first-order valence-electron chi connectivity index (χ1n) is 7.03. The first-order valence-corrected chi connectivity index (χ1v) is 7.03. The van der Waals surface area contributed by atoms with Crippen molar-refractivity contribution in [3.63, 3.8) is 0 Å². The molecule has 4 N–H and O–H groups in total. The van der Waals surface area contributed by atoms with E-state index in [-0.39, 0.29) is 18.1 Å².